The Bertz CT molecular complexity index is 535. The van der Waals surface area contributed by atoms with Gasteiger partial charge in [0.2, 0.25) is 0 Å². The van der Waals surface area contributed by atoms with E-state index < -0.39 is 0 Å². The molecule has 4 rings (SSSR count). The summed E-state index contributed by atoms with van der Waals surface area (Å²) in [6.45, 7) is 0. The fraction of sp³-hybridized carbons (Fsp3) is 0.750. The van der Waals surface area contributed by atoms with Gasteiger partial charge in [0.1, 0.15) is 5.78 Å². The summed E-state index contributed by atoms with van der Waals surface area (Å²) in [5.74, 6) is 5.77. The van der Waals surface area contributed by atoms with Crippen LogP contribution in [-0.4, -0.2) is 5.78 Å². The van der Waals surface area contributed by atoms with Crippen LogP contribution in [0.1, 0.15) is 70.6 Å². The molecule has 0 radical (unpaired) electrons. The average Bonchev–Trinajstić information content (AvgIpc) is 2.90. The maximum absolute atomic E-state index is 11.8. The molecule has 112 valence electrons. The van der Waals surface area contributed by atoms with E-state index in [1.54, 1.807) is 11.1 Å². The molecule has 0 aromatic rings. The molecule has 4 aliphatic rings. The van der Waals surface area contributed by atoms with Crippen LogP contribution in [0.25, 0.3) is 0 Å². The molecule has 0 heterocycles. The van der Waals surface area contributed by atoms with Crippen molar-refractivity contribution in [3.8, 4) is 12.3 Å². The van der Waals surface area contributed by atoms with E-state index in [1.165, 1.54) is 44.9 Å². The lowest BCUT2D eigenvalue weighted by molar-refractivity contribution is -0.120. The number of carbonyl (C=O) groups is 1. The molecule has 0 N–H and O–H groups in total. The normalized spacial score (nSPS) is 42.0. The molecule has 1 nitrogen and oxygen atoms in total. The van der Waals surface area contributed by atoms with Crippen LogP contribution in [-0.2, 0) is 4.79 Å². The van der Waals surface area contributed by atoms with Crippen molar-refractivity contribution < 1.29 is 4.79 Å². The third-order valence-corrected chi connectivity index (χ3v) is 7.13. The van der Waals surface area contributed by atoms with Crippen molar-refractivity contribution in [3.05, 3.63) is 11.1 Å². The first-order chi connectivity index (χ1) is 10.2. The second-order valence-corrected chi connectivity index (χ2v) is 7.92. The molecule has 1 heteroatoms. The third-order valence-electron chi connectivity index (χ3n) is 7.13. The van der Waals surface area contributed by atoms with E-state index in [9.17, 15) is 4.79 Å². The second-order valence-electron chi connectivity index (χ2n) is 7.92. The summed E-state index contributed by atoms with van der Waals surface area (Å²) in [5, 5.41) is 0. The number of Topliss-reactive ketones (excluding diaryl/α,β-unsaturated/α-hetero) is 1. The fourth-order valence-corrected chi connectivity index (χ4v) is 6.26. The summed E-state index contributed by atoms with van der Waals surface area (Å²) in [7, 11) is 0. The van der Waals surface area contributed by atoms with Gasteiger partial charge >= 0.3 is 0 Å². The van der Waals surface area contributed by atoms with Gasteiger partial charge in [0, 0.05) is 19.3 Å². The Kier molecular flexibility index (Phi) is 3.25. The van der Waals surface area contributed by atoms with Crippen LogP contribution in [0.4, 0.5) is 0 Å². The zero-order valence-corrected chi connectivity index (χ0v) is 13.0. The Morgan fingerprint density at radius 2 is 2.00 bits per heavy atom. The van der Waals surface area contributed by atoms with Gasteiger partial charge in [0.15, 0.2) is 0 Å². The van der Waals surface area contributed by atoms with Gasteiger partial charge in [0.05, 0.1) is 0 Å². The van der Waals surface area contributed by atoms with E-state index in [-0.39, 0.29) is 0 Å². The molecule has 0 aromatic heterocycles. The lowest BCUT2D eigenvalue weighted by atomic mass is 9.55. The van der Waals surface area contributed by atoms with E-state index in [1.807, 2.05) is 0 Å². The van der Waals surface area contributed by atoms with Gasteiger partial charge in [-0.15, -0.1) is 12.3 Å². The summed E-state index contributed by atoms with van der Waals surface area (Å²) in [6, 6.07) is 0. The minimum absolute atomic E-state index is 0.473. The molecule has 0 spiro atoms. The molecule has 4 aliphatic carbocycles. The second kappa shape index (κ2) is 5.01. The van der Waals surface area contributed by atoms with Crippen LogP contribution in [0.2, 0.25) is 0 Å². The zero-order chi connectivity index (χ0) is 14.4. The smallest absolute Gasteiger partial charge is 0.133 e. The van der Waals surface area contributed by atoms with Gasteiger partial charge in [-0.2, -0.15) is 0 Å². The minimum Gasteiger partial charge on any atom is -0.300 e. The molecular formula is C20H26O. The predicted molar refractivity (Wildman–Crippen MR) is 84.6 cm³/mol. The molecule has 4 atom stereocenters. The Morgan fingerprint density at radius 3 is 2.86 bits per heavy atom. The van der Waals surface area contributed by atoms with Crippen LogP contribution in [0.5, 0.6) is 0 Å². The van der Waals surface area contributed by atoms with Crippen molar-refractivity contribution in [1.29, 1.82) is 0 Å². The molecule has 3 saturated carbocycles. The van der Waals surface area contributed by atoms with Gasteiger partial charge in [-0.25, -0.2) is 0 Å². The van der Waals surface area contributed by atoms with Crippen molar-refractivity contribution in [2.24, 2.45) is 23.2 Å². The number of hydrogen-bond acceptors (Lipinski definition) is 1. The Labute approximate surface area is 128 Å². The molecule has 1 unspecified atom stereocenters. The van der Waals surface area contributed by atoms with Crippen molar-refractivity contribution >= 4 is 5.78 Å². The highest BCUT2D eigenvalue weighted by molar-refractivity contribution is 5.80. The predicted octanol–water partition coefficient (Wildman–Crippen LogP) is 4.67. The van der Waals surface area contributed by atoms with Crippen molar-refractivity contribution in [1.82, 2.24) is 0 Å². The lowest BCUT2D eigenvalue weighted by Gasteiger charge is -2.49. The first-order valence-electron chi connectivity index (χ1n) is 8.90. The molecule has 0 aromatic carbocycles. The Balaban J connectivity index is 1.67. The quantitative estimate of drug-likeness (QED) is 0.505. The van der Waals surface area contributed by atoms with E-state index in [2.05, 4.69) is 5.92 Å². The number of ketones is 1. The third kappa shape index (κ3) is 2.02. The standard InChI is InChI=1S/C20H26O/c1-2-10-20-11-3-4-19(20)18-7-5-14-13-15(21)6-8-16(14)17(18)9-12-20/h1,14,18-19H,3-13H2/t14?,18-,19+,20+/m1/s1. The number of allylic oxidation sites excluding steroid dienone is 2. The van der Waals surface area contributed by atoms with Gasteiger partial charge in [-0.1, -0.05) is 17.6 Å². The summed E-state index contributed by atoms with van der Waals surface area (Å²) in [5.41, 5.74) is 3.98. The Morgan fingerprint density at radius 1 is 1.10 bits per heavy atom. The van der Waals surface area contributed by atoms with Crippen molar-refractivity contribution in [2.75, 3.05) is 0 Å². The highest BCUT2D eigenvalue weighted by Crippen LogP contribution is 2.61. The topological polar surface area (TPSA) is 17.1 Å². The van der Waals surface area contributed by atoms with Gasteiger partial charge in [0.25, 0.3) is 0 Å². The number of hydrogen-bond donors (Lipinski definition) is 0. The SMILES string of the molecule is C#CC[C@@]12CCC[C@H]1[C@@H]1CCC3CC(=O)CCC3=C1CC2. The first-order valence-corrected chi connectivity index (χ1v) is 8.90. The zero-order valence-electron chi connectivity index (χ0n) is 13.0. The van der Waals surface area contributed by atoms with E-state index in [0.29, 0.717) is 17.1 Å². The summed E-state index contributed by atoms with van der Waals surface area (Å²) in [6.07, 6.45) is 18.7. The molecule has 3 fully saturated rings. The maximum atomic E-state index is 11.8. The van der Waals surface area contributed by atoms with Gasteiger partial charge in [-0.05, 0) is 68.1 Å². The van der Waals surface area contributed by atoms with Crippen LogP contribution in [0.3, 0.4) is 0 Å². The summed E-state index contributed by atoms with van der Waals surface area (Å²) >= 11 is 0. The first kappa shape index (κ1) is 13.6. The molecular weight excluding hydrogens is 256 g/mol. The van der Waals surface area contributed by atoms with Crippen LogP contribution in [0.15, 0.2) is 11.1 Å². The van der Waals surface area contributed by atoms with Crippen LogP contribution in [0, 0.1) is 35.5 Å². The highest BCUT2D eigenvalue weighted by atomic mass is 16.1. The largest absolute Gasteiger partial charge is 0.300 e. The maximum Gasteiger partial charge on any atom is 0.133 e. The number of carbonyl (C=O) groups excluding carboxylic acids is 1. The lowest BCUT2D eigenvalue weighted by Crippen LogP contribution is -2.40. The fourth-order valence-electron chi connectivity index (χ4n) is 6.26. The monoisotopic (exact) mass is 282 g/mol. The van der Waals surface area contributed by atoms with Gasteiger partial charge in [-0.3, -0.25) is 4.79 Å². The van der Waals surface area contributed by atoms with Gasteiger partial charge < -0.3 is 0 Å². The van der Waals surface area contributed by atoms with E-state index >= 15 is 0 Å². The Hall–Kier alpha value is -1.03. The summed E-state index contributed by atoms with van der Waals surface area (Å²) in [4.78, 5) is 11.8. The molecule has 0 amide bonds. The van der Waals surface area contributed by atoms with Crippen LogP contribution >= 0.6 is 0 Å². The minimum atomic E-state index is 0.473. The molecule has 0 aliphatic heterocycles. The number of rotatable bonds is 1. The molecule has 0 bridgehead atoms. The number of terminal acetylenes is 1. The number of fused-ring (bicyclic) bond motifs is 4. The van der Waals surface area contributed by atoms with Crippen LogP contribution < -0.4 is 0 Å². The highest BCUT2D eigenvalue weighted by Gasteiger charge is 2.51. The molecule has 21 heavy (non-hydrogen) atoms. The van der Waals surface area contributed by atoms with E-state index in [0.717, 1.165) is 37.5 Å². The van der Waals surface area contributed by atoms with Crippen molar-refractivity contribution in [3.63, 3.8) is 0 Å². The summed E-state index contributed by atoms with van der Waals surface area (Å²) < 4.78 is 0. The molecule has 0 saturated heterocycles. The van der Waals surface area contributed by atoms with E-state index in [4.69, 9.17) is 6.42 Å². The van der Waals surface area contributed by atoms with Crippen molar-refractivity contribution in [2.45, 2.75) is 70.6 Å². The average molecular weight is 282 g/mol.